The first-order chi connectivity index (χ1) is 17.5. The Hall–Kier alpha value is -4.26. The molecule has 7 heteroatoms. The summed E-state index contributed by atoms with van der Waals surface area (Å²) in [5, 5.41) is 11.3. The van der Waals surface area contributed by atoms with E-state index in [1.165, 1.54) is 4.90 Å². The lowest BCUT2D eigenvalue weighted by Crippen LogP contribution is -2.29. The van der Waals surface area contributed by atoms with E-state index in [0.717, 1.165) is 5.56 Å². The molecule has 3 aromatic rings. The van der Waals surface area contributed by atoms with Crippen LogP contribution in [0.2, 0.25) is 0 Å². The number of ether oxygens (including phenoxy) is 3. The van der Waals surface area contributed by atoms with Gasteiger partial charge >= 0.3 is 0 Å². The maximum Gasteiger partial charge on any atom is 0.295 e. The smallest absolute Gasteiger partial charge is 0.295 e. The first-order valence-electron chi connectivity index (χ1n) is 11.8. The molecule has 36 heavy (non-hydrogen) atoms. The molecule has 0 spiro atoms. The maximum atomic E-state index is 13.3. The van der Waals surface area contributed by atoms with Gasteiger partial charge in [-0.05, 0) is 61.4 Å². The van der Waals surface area contributed by atoms with E-state index in [9.17, 15) is 14.7 Å². The molecule has 1 heterocycles. The Bertz CT molecular complexity index is 1260. The predicted octanol–water partition coefficient (Wildman–Crippen LogP) is 5.11. The highest BCUT2D eigenvalue weighted by molar-refractivity contribution is 6.46. The Kier molecular flexibility index (Phi) is 7.59. The Morgan fingerprint density at radius 1 is 0.861 bits per heavy atom. The average molecular weight is 488 g/mol. The minimum atomic E-state index is -0.779. The molecule has 186 valence electrons. The summed E-state index contributed by atoms with van der Waals surface area (Å²) in [4.78, 5) is 28.0. The fraction of sp³-hybridized carbons (Fsp3) is 0.241. The molecular weight excluding hydrogens is 458 g/mol. The molecule has 0 aliphatic carbocycles. The number of aliphatic hydroxyl groups excluding tert-OH is 1. The van der Waals surface area contributed by atoms with Gasteiger partial charge in [-0.2, -0.15) is 0 Å². The molecule has 7 nitrogen and oxygen atoms in total. The molecule has 4 rings (SSSR count). The Morgan fingerprint density at radius 3 is 2.14 bits per heavy atom. The van der Waals surface area contributed by atoms with Crippen molar-refractivity contribution in [1.29, 1.82) is 0 Å². The van der Waals surface area contributed by atoms with Crippen molar-refractivity contribution >= 4 is 17.4 Å². The van der Waals surface area contributed by atoms with Gasteiger partial charge in [-0.1, -0.05) is 36.4 Å². The number of carbonyl (C=O) groups is 2. The molecule has 1 amide bonds. The summed E-state index contributed by atoms with van der Waals surface area (Å²) in [5.74, 6) is 0.280. The summed E-state index contributed by atoms with van der Waals surface area (Å²) in [6.45, 7) is 4.92. The third-order valence-electron chi connectivity index (χ3n) is 5.98. The Balaban J connectivity index is 1.80. The standard InChI is InChI=1S/C29H29NO6/c1-4-35-23-15-11-20(12-16-23)26-25(27(31)21-7-6-8-24(17-21)36-5-2)28(32)29(33)30(26)18-19-9-13-22(34-3)14-10-19/h6-17,26,31H,4-5,18H2,1-3H3/b27-25-. The van der Waals surface area contributed by atoms with Crippen molar-refractivity contribution in [2.45, 2.75) is 26.4 Å². The highest BCUT2D eigenvalue weighted by Crippen LogP contribution is 2.41. The highest BCUT2D eigenvalue weighted by Gasteiger charge is 2.46. The monoisotopic (exact) mass is 487 g/mol. The largest absolute Gasteiger partial charge is 0.507 e. The van der Waals surface area contributed by atoms with E-state index < -0.39 is 17.7 Å². The predicted molar refractivity (Wildman–Crippen MR) is 136 cm³/mol. The van der Waals surface area contributed by atoms with Crippen LogP contribution >= 0.6 is 0 Å². The van der Waals surface area contributed by atoms with E-state index in [0.29, 0.717) is 41.6 Å². The van der Waals surface area contributed by atoms with Crippen molar-refractivity contribution in [3.05, 3.63) is 95.1 Å². The van der Waals surface area contributed by atoms with Crippen LogP contribution in [0.5, 0.6) is 17.2 Å². The van der Waals surface area contributed by atoms with Crippen LogP contribution in [-0.2, 0) is 16.1 Å². The van der Waals surface area contributed by atoms with Gasteiger partial charge in [0.2, 0.25) is 0 Å². The summed E-state index contributed by atoms with van der Waals surface area (Å²) < 4.78 is 16.3. The summed E-state index contributed by atoms with van der Waals surface area (Å²) in [5.41, 5.74) is 1.95. The molecule has 3 aromatic carbocycles. The molecule has 1 fully saturated rings. The normalized spacial score (nSPS) is 16.8. The van der Waals surface area contributed by atoms with E-state index >= 15 is 0 Å². The molecule has 0 radical (unpaired) electrons. The molecule has 1 aliphatic rings. The highest BCUT2D eigenvalue weighted by atomic mass is 16.5. The minimum Gasteiger partial charge on any atom is -0.507 e. The number of amides is 1. The molecule has 0 bridgehead atoms. The summed E-state index contributed by atoms with van der Waals surface area (Å²) in [7, 11) is 1.58. The summed E-state index contributed by atoms with van der Waals surface area (Å²) in [6, 6.07) is 20.6. The number of benzene rings is 3. The quantitative estimate of drug-likeness (QED) is 0.256. The van der Waals surface area contributed by atoms with E-state index in [1.54, 1.807) is 55.6 Å². The van der Waals surface area contributed by atoms with Gasteiger partial charge in [0.15, 0.2) is 0 Å². The molecule has 1 aliphatic heterocycles. The first-order valence-corrected chi connectivity index (χ1v) is 11.8. The van der Waals surface area contributed by atoms with Crippen LogP contribution in [0.4, 0.5) is 0 Å². The van der Waals surface area contributed by atoms with Gasteiger partial charge in [0.05, 0.1) is 31.9 Å². The molecule has 1 saturated heterocycles. The van der Waals surface area contributed by atoms with Gasteiger partial charge < -0.3 is 24.2 Å². The van der Waals surface area contributed by atoms with Gasteiger partial charge in [-0.15, -0.1) is 0 Å². The third-order valence-corrected chi connectivity index (χ3v) is 5.98. The van der Waals surface area contributed by atoms with Crippen LogP contribution in [0.3, 0.4) is 0 Å². The van der Waals surface area contributed by atoms with Crippen LogP contribution in [0.1, 0.15) is 36.6 Å². The van der Waals surface area contributed by atoms with Crippen LogP contribution in [-0.4, -0.2) is 42.0 Å². The number of rotatable bonds is 9. The van der Waals surface area contributed by atoms with Crippen molar-refractivity contribution in [3.8, 4) is 17.2 Å². The minimum absolute atomic E-state index is 0.0336. The van der Waals surface area contributed by atoms with Crippen molar-refractivity contribution in [1.82, 2.24) is 4.90 Å². The van der Waals surface area contributed by atoms with Gasteiger partial charge in [0, 0.05) is 12.1 Å². The number of hydrogen-bond acceptors (Lipinski definition) is 6. The van der Waals surface area contributed by atoms with Gasteiger partial charge in [-0.25, -0.2) is 0 Å². The van der Waals surface area contributed by atoms with Gasteiger partial charge in [0.1, 0.15) is 23.0 Å². The van der Waals surface area contributed by atoms with Crippen LogP contribution < -0.4 is 14.2 Å². The topological polar surface area (TPSA) is 85.3 Å². The molecule has 1 atom stereocenters. The molecule has 1 N–H and O–H groups in total. The van der Waals surface area contributed by atoms with Crippen molar-refractivity contribution in [2.24, 2.45) is 0 Å². The van der Waals surface area contributed by atoms with Crippen molar-refractivity contribution in [3.63, 3.8) is 0 Å². The molecular formula is C29H29NO6. The van der Waals surface area contributed by atoms with Crippen molar-refractivity contribution in [2.75, 3.05) is 20.3 Å². The molecule has 0 aromatic heterocycles. The van der Waals surface area contributed by atoms with Crippen molar-refractivity contribution < 1.29 is 28.9 Å². The maximum absolute atomic E-state index is 13.3. The zero-order chi connectivity index (χ0) is 25.7. The Morgan fingerprint density at radius 2 is 1.50 bits per heavy atom. The fourth-order valence-corrected chi connectivity index (χ4v) is 4.29. The second-order valence-electron chi connectivity index (χ2n) is 8.24. The number of Topliss-reactive ketones (excluding diaryl/α,β-unsaturated/α-hetero) is 1. The van der Waals surface area contributed by atoms with Gasteiger partial charge in [0.25, 0.3) is 11.7 Å². The lowest BCUT2D eigenvalue weighted by Gasteiger charge is -2.25. The number of carbonyl (C=O) groups excluding carboxylic acids is 2. The number of methoxy groups -OCH3 is 1. The number of hydrogen-bond donors (Lipinski definition) is 1. The number of aliphatic hydroxyl groups is 1. The summed E-state index contributed by atoms with van der Waals surface area (Å²) in [6.07, 6.45) is 0. The van der Waals surface area contributed by atoms with E-state index in [1.807, 2.05) is 38.1 Å². The lowest BCUT2D eigenvalue weighted by atomic mass is 9.95. The van der Waals surface area contributed by atoms with E-state index in [4.69, 9.17) is 14.2 Å². The molecule has 1 unspecified atom stereocenters. The zero-order valence-electron chi connectivity index (χ0n) is 20.6. The van der Waals surface area contributed by atoms with E-state index in [2.05, 4.69) is 0 Å². The number of likely N-dealkylation sites (tertiary alicyclic amines) is 1. The Labute approximate surface area is 210 Å². The number of nitrogens with zero attached hydrogens (tertiary/aromatic N) is 1. The van der Waals surface area contributed by atoms with Gasteiger partial charge in [-0.3, -0.25) is 9.59 Å². The molecule has 0 saturated carbocycles. The number of ketones is 1. The second kappa shape index (κ2) is 11.0. The third kappa shape index (κ3) is 5.05. The first kappa shape index (κ1) is 24.9. The SMILES string of the molecule is CCOc1ccc(C2/C(=C(/O)c3cccc(OCC)c3)C(=O)C(=O)N2Cc2ccc(OC)cc2)cc1. The van der Waals surface area contributed by atoms with E-state index in [-0.39, 0.29) is 17.9 Å². The van der Waals surface area contributed by atoms with Crippen LogP contribution in [0, 0.1) is 0 Å². The van der Waals surface area contributed by atoms with Crippen LogP contribution in [0.15, 0.2) is 78.4 Å². The second-order valence-corrected chi connectivity index (χ2v) is 8.24. The summed E-state index contributed by atoms with van der Waals surface area (Å²) >= 11 is 0. The zero-order valence-corrected chi connectivity index (χ0v) is 20.6. The fourth-order valence-electron chi connectivity index (χ4n) is 4.29. The lowest BCUT2D eigenvalue weighted by molar-refractivity contribution is -0.140. The average Bonchev–Trinajstić information content (AvgIpc) is 3.14. The van der Waals surface area contributed by atoms with Crippen LogP contribution in [0.25, 0.3) is 5.76 Å².